The molecule has 1 aromatic carbocycles. The van der Waals surface area contributed by atoms with Crippen LogP contribution < -0.4 is 0 Å². The number of carbonyl (C=O) groups is 2. The summed E-state index contributed by atoms with van der Waals surface area (Å²) in [5, 5.41) is 14.2. The number of nitrogens with zero attached hydrogens (tertiary/aromatic N) is 3. The van der Waals surface area contributed by atoms with Crippen molar-refractivity contribution in [3.05, 3.63) is 53.8 Å². The minimum absolute atomic E-state index is 0.118. The summed E-state index contributed by atoms with van der Waals surface area (Å²) in [6.45, 7) is -0.519. The Balaban J connectivity index is 1.87. The monoisotopic (exact) mass is 356 g/mol. The van der Waals surface area contributed by atoms with E-state index in [0.29, 0.717) is 11.0 Å². The smallest absolute Gasteiger partial charge is 0.345 e. The molecule has 3 rings (SSSR count). The van der Waals surface area contributed by atoms with Crippen molar-refractivity contribution in [1.29, 1.82) is 0 Å². The normalized spacial score (nSPS) is 11.9. The predicted octanol–water partition coefficient (Wildman–Crippen LogP) is 1.60. The lowest BCUT2D eigenvalue weighted by molar-refractivity contribution is -0.133. The van der Waals surface area contributed by atoms with E-state index in [9.17, 15) is 14.7 Å². The third-order valence-electron chi connectivity index (χ3n) is 3.58. The number of benzene rings is 1. The van der Waals surface area contributed by atoms with Crippen molar-refractivity contribution in [3.8, 4) is 0 Å². The van der Waals surface area contributed by atoms with Crippen LogP contribution in [0, 0.1) is 0 Å². The standard InChI is InChI=1S/C17H16N4O5/c1-21-8-10(7-18-21)16(23)26-9-13(22)14(17(24)25-2)15-19-11-5-3-4-6-12(11)20-15/h3-8,22H,9H2,1-2H3,(H,19,20)/b14-13+. The molecule has 0 saturated carbocycles. The van der Waals surface area contributed by atoms with Crippen LogP contribution in [0.1, 0.15) is 16.2 Å². The molecule has 0 unspecified atom stereocenters. The quantitative estimate of drug-likeness (QED) is 0.405. The molecular weight excluding hydrogens is 340 g/mol. The van der Waals surface area contributed by atoms with Crippen molar-refractivity contribution in [2.24, 2.45) is 7.05 Å². The van der Waals surface area contributed by atoms with Crippen molar-refractivity contribution < 1.29 is 24.2 Å². The second kappa shape index (κ2) is 7.09. The van der Waals surface area contributed by atoms with Gasteiger partial charge in [0, 0.05) is 13.2 Å². The van der Waals surface area contributed by atoms with Gasteiger partial charge in [0.05, 0.1) is 29.9 Å². The number of esters is 2. The fraction of sp³-hybridized carbons (Fsp3) is 0.176. The zero-order valence-electron chi connectivity index (χ0n) is 14.1. The number of aryl methyl sites for hydroxylation is 1. The van der Waals surface area contributed by atoms with Gasteiger partial charge in [0.25, 0.3) is 0 Å². The Hall–Kier alpha value is -3.62. The number of para-hydroxylation sites is 2. The molecule has 0 amide bonds. The van der Waals surface area contributed by atoms with Crippen LogP contribution in [-0.2, 0) is 21.3 Å². The number of methoxy groups -OCH3 is 1. The highest BCUT2D eigenvalue weighted by Gasteiger charge is 2.23. The number of carbonyl (C=O) groups excluding carboxylic acids is 2. The molecule has 3 aromatic rings. The van der Waals surface area contributed by atoms with E-state index in [1.807, 2.05) is 0 Å². The van der Waals surface area contributed by atoms with Gasteiger partial charge < -0.3 is 19.6 Å². The Bertz CT molecular complexity index is 968. The number of aliphatic hydroxyl groups excluding tert-OH is 1. The number of H-pyrrole nitrogens is 1. The maximum absolute atomic E-state index is 12.1. The van der Waals surface area contributed by atoms with Gasteiger partial charge in [-0.25, -0.2) is 14.6 Å². The number of rotatable bonds is 5. The fourth-order valence-corrected chi connectivity index (χ4v) is 2.34. The van der Waals surface area contributed by atoms with E-state index >= 15 is 0 Å². The fourth-order valence-electron chi connectivity index (χ4n) is 2.34. The summed E-state index contributed by atoms with van der Waals surface area (Å²) in [6, 6.07) is 7.13. The molecule has 0 fully saturated rings. The topological polar surface area (TPSA) is 119 Å². The molecule has 0 aliphatic heterocycles. The number of aromatic nitrogens is 4. The number of nitrogens with one attached hydrogen (secondary N) is 1. The van der Waals surface area contributed by atoms with Crippen molar-refractivity contribution in [2.75, 3.05) is 13.7 Å². The van der Waals surface area contributed by atoms with Crippen molar-refractivity contribution in [3.63, 3.8) is 0 Å². The number of aliphatic hydroxyl groups is 1. The first-order valence-electron chi connectivity index (χ1n) is 7.61. The van der Waals surface area contributed by atoms with Gasteiger partial charge in [-0.05, 0) is 12.1 Å². The summed E-state index contributed by atoms with van der Waals surface area (Å²) in [5.74, 6) is -1.85. The Labute approximate surface area is 147 Å². The van der Waals surface area contributed by atoms with Crippen molar-refractivity contribution in [1.82, 2.24) is 19.7 Å². The van der Waals surface area contributed by atoms with Gasteiger partial charge in [-0.2, -0.15) is 5.10 Å². The van der Waals surface area contributed by atoms with Gasteiger partial charge >= 0.3 is 11.9 Å². The van der Waals surface area contributed by atoms with Crippen LogP contribution in [0.5, 0.6) is 0 Å². The molecule has 0 aliphatic carbocycles. The lowest BCUT2D eigenvalue weighted by atomic mass is 10.2. The van der Waals surface area contributed by atoms with Crippen LogP contribution in [0.4, 0.5) is 0 Å². The molecule has 2 heterocycles. The number of hydrogen-bond donors (Lipinski definition) is 2. The molecule has 0 spiro atoms. The van der Waals surface area contributed by atoms with Crippen LogP contribution in [0.2, 0.25) is 0 Å². The molecule has 2 aromatic heterocycles. The van der Waals surface area contributed by atoms with Crippen LogP contribution in [-0.4, -0.2) is 50.5 Å². The zero-order valence-corrected chi connectivity index (χ0v) is 14.1. The van der Waals surface area contributed by atoms with E-state index in [4.69, 9.17) is 9.47 Å². The van der Waals surface area contributed by atoms with E-state index in [1.54, 1.807) is 31.3 Å². The summed E-state index contributed by atoms with van der Waals surface area (Å²) in [6.07, 6.45) is 2.81. The Morgan fingerprint density at radius 3 is 2.73 bits per heavy atom. The lowest BCUT2D eigenvalue weighted by Gasteiger charge is -2.07. The van der Waals surface area contributed by atoms with E-state index in [1.165, 1.54) is 24.2 Å². The molecule has 9 nitrogen and oxygen atoms in total. The average Bonchev–Trinajstić information content (AvgIpc) is 3.25. The molecule has 2 N–H and O–H groups in total. The average molecular weight is 356 g/mol. The minimum Gasteiger partial charge on any atom is -0.508 e. The zero-order chi connectivity index (χ0) is 18.7. The largest absolute Gasteiger partial charge is 0.508 e. The second-order valence-electron chi connectivity index (χ2n) is 5.39. The SMILES string of the molecule is COC(=O)/C(=C(/O)COC(=O)c1cnn(C)c1)c1nc2ccccc2[nH]1. The predicted molar refractivity (Wildman–Crippen MR) is 91.1 cm³/mol. The number of aromatic amines is 1. The first-order chi connectivity index (χ1) is 12.5. The highest BCUT2D eigenvalue weighted by molar-refractivity contribution is 6.16. The summed E-state index contributed by atoms with van der Waals surface area (Å²) in [4.78, 5) is 31.2. The molecule has 0 bridgehead atoms. The van der Waals surface area contributed by atoms with Crippen molar-refractivity contribution in [2.45, 2.75) is 0 Å². The van der Waals surface area contributed by atoms with Gasteiger partial charge in [-0.15, -0.1) is 0 Å². The Morgan fingerprint density at radius 2 is 2.08 bits per heavy atom. The van der Waals surface area contributed by atoms with Gasteiger partial charge in [0.15, 0.2) is 0 Å². The number of hydrogen-bond acceptors (Lipinski definition) is 7. The molecule has 0 saturated heterocycles. The van der Waals surface area contributed by atoms with E-state index in [-0.39, 0.29) is 17.0 Å². The number of fused-ring (bicyclic) bond motifs is 1. The van der Waals surface area contributed by atoms with Crippen LogP contribution in [0.15, 0.2) is 42.4 Å². The van der Waals surface area contributed by atoms with Crippen LogP contribution in [0.3, 0.4) is 0 Å². The van der Waals surface area contributed by atoms with Crippen molar-refractivity contribution >= 4 is 28.5 Å². The number of imidazole rings is 1. The first-order valence-corrected chi connectivity index (χ1v) is 7.61. The molecule has 134 valence electrons. The summed E-state index contributed by atoms with van der Waals surface area (Å²) >= 11 is 0. The van der Waals surface area contributed by atoms with Gasteiger partial charge in [-0.3, -0.25) is 4.68 Å². The van der Waals surface area contributed by atoms with E-state index < -0.39 is 24.3 Å². The number of ether oxygens (including phenoxy) is 2. The second-order valence-corrected chi connectivity index (χ2v) is 5.39. The molecule has 9 heteroatoms. The molecule has 0 atom stereocenters. The third kappa shape index (κ3) is 3.41. The van der Waals surface area contributed by atoms with Gasteiger partial charge in [0.2, 0.25) is 0 Å². The molecule has 26 heavy (non-hydrogen) atoms. The molecular formula is C17H16N4O5. The maximum atomic E-state index is 12.1. The summed E-state index contributed by atoms with van der Waals surface area (Å²) in [5.41, 5.74) is 1.32. The van der Waals surface area contributed by atoms with Gasteiger partial charge in [0.1, 0.15) is 23.8 Å². The minimum atomic E-state index is -0.806. The van der Waals surface area contributed by atoms with E-state index in [0.717, 1.165) is 0 Å². The summed E-state index contributed by atoms with van der Waals surface area (Å²) in [7, 11) is 2.84. The third-order valence-corrected chi connectivity index (χ3v) is 3.58. The first kappa shape index (κ1) is 17.2. The highest BCUT2D eigenvalue weighted by atomic mass is 16.5. The summed E-state index contributed by atoms with van der Waals surface area (Å²) < 4.78 is 11.2. The van der Waals surface area contributed by atoms with Gasteiger partial charge in [-0.1, -0.05) is 12.1 Å². The van der Waals surface area contributed by atoms with E-state index in [2.05, 4.69) is 15.1 Å². The Morgan fingerprint density at radius 1 is 1.31 bits per heavy atom. The highest BCUT2D eigenvalue weighted by Crippen LogP contribution is 2.21. The van der Waals surface area contributed by atoms with Crippen LogP contribution >= 0.6 is 0 Å². The molecule has 0 aliphatic rings. The lowest BCUT2D eigenvalue weighted by Crippen LogP contribution is -2.13. The van der Waals surface area contributed by atoms with Crippen LogP contribution in [0.25, 0.3) is 16.6 Å². The maximum Gasteiger partial charge on any atom is 0.345 e. The molecule has 0 radical (unpaired) electrons. The Kier molecular flexibility index (Phi) is 4.70.